The average Bonchev–Trinajstić information content (AvgIpc) is 3.02. The number of nitrogen functional groups attached to an aromatic ring is 2. The molecule has 140 valence electrons. The highest BCUT2D eigenvalue weighted by Crippen LogP contribution is 2.12. The van der Waals surface area contributed by atoms with Gasteiger partial charge in [0.2, 0.25) is 0 Å². The molecule has 0 saturated heterocycles. The second-order valence-corrected chi connectivity index (χ2v) is 6.44. The van der Waals surface area contributed by atoms with E-state index < -0.39 is 0 Å². The minimum atomic E-state index is 0.598. The maximum atomic E-state index is 5.65. The smallest absolute Gasteiger partial charge is 0.0719 e. The number of anilines is 2. The molecule has 5 nitrogen and oxygen atoms in total. The highest BCUT2D eigenvalue weighted by molar-refractivity contribution is 5.39. The number of hydrogen-bond donors (Lipinski definition) is 3. The normalized spacial score (nSPS) is 10.3. The number of benzene rings is 1. The van der Waals surface area contributed by atoms with Gasteiger partial charge in [0.25, 0.3) is 0 Å². The summed E-state index contributed by atoms with van der Waals surface area (Å²) in [6.45, 7) is 3.60. The van der Waals surface area contributed by atoms with E-state index in [1.54, 1.807) is 17.1 Å². The predicted octanol–water partition coefficient (Wildman–Crippen LogP) is 3.99. The van der Waals surface area contributed by atoms with Crippen LogP contribution in [0.2, 0.25) is 0 Å². The first-order chi connectivity index (χ1) is 12.2. The van der Waals surface area contributed by atoms with Crippen LogP contribution in [0.5, 0.6) is 0 Å². The third kappa shape index (κ3) is 10.5. The summed E-state index contributed by atoms with van der Waals surface area (Å²) in [6, 6.07) is 8.28. The lowest BCUT2D eigenvalue weighted by atomic mass is 10.0. The van der Waals surface area contributed by atoms with E-state index in [1.165, 1.54) is 56.9 Å². The van der Waals surface area contributed by atoms with Gasteiger partial charge in [-0.25, -0.2) is 0 Å². The van der Waals surface area contributed by atoms with Gasteiger partial charge < -0.3 is 17.2 Å². The molecule has 0 fully saturated rings. The van der Waals surface area contributed by atoms with E-state index in [9.17, 15) is 0 Å². The second kappa shape index (κ2) is 13.3. The van der Waals surface area contributed by atoms with Gasteiger partial charge in [-0.15, -0.1) is 0 Å². The molecule has 0 atom stereocenters. The molecular formula is C20H35N5. The van der Waals surface area contributed by atoms with Crippen molar-refractivity contribution in [2.75, 3.05) is 18.0 Å². The Labute approximate surface area is 152 Å². The van der Waals surface area contributed by atoms with Crippen molar-refractivity contribution in [3.05, 3.63) is 42.2 Å². The third-order valence-electron chi connectivity index (χ3n) is 4.06. The molecule has 0 spiro atoms. The molecule has 25 heavy (non-hydrogen) atoms. The van der Waals surface area contributed by atoms with Crippen molar-refractivity contribution in [2.24, 2.45) is 5.73 Å². The van der Waals surface area contributed by atoms with E-state index in [0.717, 1.165) is 12.2 Å². The molecule has 1 aromatic carbocycles. The summed E-state index contributed by atoms with van der Waals surface area (Å²) in [7, 11) is 0. The molecule has 0 radical (unpaired) electrons. The number of nitrogens with two attached hydrogens (primary N) is 3. The molecule has 2 aromatic rings. The fourth-order valence-corrected chi connectivity index (χ4v) is 2.60. The van der Waals surface area contributed by atoms with Gasteiger partial charge in [0, 0.05) is 18.4 Å². The van der Waals surface area contributed by atoms with Gasteiger partial charge in [-0.3, -0.25) is 4.68 Å². The zero-order chi connectivity index (χ0) is 18.3. The summed E-state index contributed by atoms with van der Waals surface area (Å²) in [4.78, 5) is 0. The Morgan fingerprint density at radius 1 is 0.880 bits per heavy atom. The highest BCUT2D eigenvalue weighted by Gasteiger charge is 1.94. The molecule has 0 aliphatic heterocycles. The molecule has 0 bridgehead atoms. The molecule has 0 unspecified atom stereocenters. The minimum absolute atomic E-state index is 0.598. The average molecular weight is 346 g/mol. The molecule has 1 heterocycles. The summed E-state index contributed by atoms with van der Waals surface area (Å²) in [6.07, 6.45) is 14.2. The van der Waals surface area contributed by atoms with Gasteiger partial charge in [0.05, 0.1) is 18.4 Å². The van der Waals surface area contributed by atoms with Gasteiger partial charge in [-0.05, 0) is 30.5 Å². The monoisotopic (exact) mass is 345 g/mol. The Kier molecular flexibility index (Phi) is 11.2. The van der Waals surface area contributed by atoms with Gasteiger partial charge >= 0.3 is 0 Å². The van der Waals surface area contributed by atoms with Crippen molar-refractivity contribution < 1.29 is 0 Å². The number of hydrogen-bond acceptors (Lipinski definition) is 4. The van der Waals surface area contributed by atoms with Crippen LogP contribution in [0.15, 0.2) is 36.7 Å². The zero-order valence-corrected chi connectivity index (χ0v) is 15.7. The number of rotatable bonds is 10. The maximum Gasteiger partial charge on any atom is 0.0719 e. The quantitative estimate of drug-likeness (QED) is 0.448. The summed E-state index contributed by atoms with van der Waals surface area (Å²) < 4.78 is 1.72. The molecule has 0 saturated carbocycles. The van der Waals surface area contributed by atoms with Crippen molar-refractivity contribution in [3.8, 4) is 0 Å². The molecule has 0 aliphatic rings. The van der Waals surface area contributed by atoms with Gasteiger partial charge in [-0.1, -0.05) is 57.6 Å². The fraction of sp³-hybridized carbons (Fsp3) is 0.550. The second-order valence-electron chi connectivity index (χ2n) is 6.44. The first-order valence-electron chi connectivity index (χ1n) is 9.48. The van der Waals surface area contributed by atoms with Crippen molar-refractivity contribution in [2.45, 2.75) is 64.8 Å². The Hall–Kier alpha value is -2.01. The predicted molar refractivity (Wildman–Crippen MR) is 108 cm³/mol. The van der Waals surface area contributed by atoms with E-state index in [4.69, 9.17) is 17.2 Å². The molecule has 6 N–H and O–H groups in total. The maximum absolute atomic E-state index is 5.65. The third-order valence-corrected chi connectivity index (χ3v) is 4.06. The summed E-state index contributed by atoms with van der Waals surface area (Å²) in [5.74, 6) is 0. The Morgan fingerprint density at radius 2 is 1.52 bits per heavy atom. The largest absolute Gasteiger partial charge is 0.399 e. The lowest BCUT2D eigenvalue weighted by molar-refractivity contribution is 0.589. The van der Waals surface area contributed by atoms with Crippen LogP contribution >= 0.6 is 0 Å². The lowest BCUT2D eigenvalue weighted by Crippen LogP contribution is -2.09. The summed E-state index contributed by atoms with van der Waals surface area (Å²) in [5, 5.41) is 3.92. The van der Waals surface area contributed by atoms with E-state index in [1.807, 2.05) is 12.1 Å². The zero-order valence-electron chi connectivity index (χ0n) is 15.7. The van der Waals surface area contributed by atoms with Crippen molar-refractivity contribution in [3.63, 3.8) is 0 Å². The molecule has 5 heteroatoms. The Balaban J connectivity index is 0.000000293. The molecular weight excluding hydrogens is 310 g/mol. The number of aryl methyl sites for hydroxylation is 1. The van der Waals surface area contributed by atoms with Crippen LogP contribution in [0, 0.1) is 0 Å². The molecule has 2 rings (SSSR count). The van der Waals surface area contributed by atoms with Crippen LogP contribution in [-0.4, -0.2) is 16.3 Å². The standard InChI is InChI=1S/C15H25N.C5H10N4/c1-2-3-4-5-6-7-8-9-14-10-12-15(16)13-11-14;6-1-2-9-4-5(7)3-8-9/h10-13H,2-9,16H2,1H3;3-4H,1-2,6-7H2. The molecule has 0 aliphatic carbocycles. The van der Waals surface area contributed by atoms with E-state index in [-0.39, 0.29) is 0 Å². The number of unbranched alkanes of at least 4 members (excludes halogenated alkanes) is 6. The summed E-state index contributed by atoms with van der Waals surface area (Å²) in [5.41, 5.74) is 19.3. The van der Waals surface area contributed by atoms with Crippen LogP contribution in [0.4, 0.5) is 11.4 Å². The fourth-order valence-electron chi connectivity index (χ4n) is 2.60. The van der Waals surface area contributed by atoms with Crippen molar-refractivity contribution in [1.82, 2.24) is 9.78 Å². The molecule has 1 aromatic heterocycles. The van der Waals surface area contributed by atoms with Gasteiger partial charge in [0.1, 0.15) is 0 Å². The van der Waals surface area contributed by atoms with Crippen LogP contribution in [0.25, 0.3) is 0 Å². The SMILES string of the molecule is CCCCCCCCCc1ccc(N)cc1.NCCn1cc(N)cn1. The Bertz CT molecular complexity index is 547. The van der Waals surface area contributed by atoms with E-state index in [0.29, 0.717) is 12.2 Å². The first-order valence-corrected chi connectivity index (χ1v) is 9.48. The van der Waals surface area contributed by atoms with Gasteiger partial charge in [-0.2, -0.15) is 5.10 Å². The Morgan fingerprint density at radius 3 is 2.08 bits per heavy atom. The van der Waals surface area contributed by atoms with Crippen LogP contribution in [0.3, 0.4) is 0 Å². The van der Waals surface area contributed by atoms with Crippen molar-refractivity contribution >= 4 is 11.4 Å². The van der Waals surface area contributed by atoms with E-state index >= 15 is 0 Å². The number of aromatic nitrogens is 2. The van der Waals surface area contributed by atoms with Crippen molar-refractivity contribution in [1.29, 1.82) is 0 Å². The number of nitrogens with zero attached hydrogens (tertiary/aromatic N) is 2. The van der Waals surface area contributed by atoms with Crippen LogP contribution < -0.4 is 17.2 Å². The minimum Gasteiger partial charge on any atom is -0.399 e. The summed E-state index contributed by atoms with van der Waals surface area (Å²) >= 11 is 0. The van der Waals surface area contributed by atoms with Crippen LogP contribution in [0.1, 0.15) is 57.4 Å². The van der Waals surface area contributed by atoms with Gasteiger partial charge in [0.15, 0.2) is 0 Å². The first kappa shape index (κ1) is 21.0. The topological polar surface area (TPSA) is 95.9 Å². The van der Waals surface area contributed by atoms with Crippen LogP contribution in [-0.2, 0) is 13.0 Å². The van der Waals surface area contributed by atoms with E-state index in [2.05, 4.69) is 24.2 Å². The molecule has 0 amide bonds. The lowest BCUT2D eigenvalue weighted by Gasteiger charge is -2.02. The highest BCUT2D eigenvalue weighted by atomic mass is 15.3.